The standard InChI is InChI=1S/C28H28FN5O2S/c29-21-8-6-20(7-9-21)25-14-24-26(37-25)27(35)34(18-30-24)23-11-13-33(17-23)28(36)31-22-10-12-32(16-22)15-19-4-2-1-3-5-19/h1-9,14,18,22-23H,10-13,15-17H2,(H,31,36)/t22-,23-/m0/s1. The first kappa shape index (κ1) is 23.8. The second kappa shape index (κ2) is 10.1. The molecule has 0 unspecified atom stereocenters. The minimum Gasteiger partial charge on any atom is -0.334 e. The fourth-order valence-electron chi connectivity index (χ4n) is 5.30. The minimum atomic E-state index is -0.294. The van der Waals surface area contributed by atoms with Crippen molar-refractivity contribution in [3.63, 3.8) is 0 Å². The van der Waals surface area contributed by atoms with E-state index in [0.717, 1.165) is 36.5 Å². The van der Waals surface area contributed by atoms with E-state index in [2.05, 4.69) is 39.5 Å². The fourth-order valence-corrected chi connectivity index (χ4v) is 6.35. The van der Waals surface area contributed by atoms with Gasteiger partial charge in [-0.05, 0) is 42.2 Å². The van der Waals surface area contributed by atoms with Gasteiger partial charge in [0.1, 0.15) is 10.5 Å². The molecule has 0 radical (unpaired) electrons. The van der Waals surface area contributed by atoms with Gasteiger partial charge in [0, 0.05) is 43.6 Å². The molecule has 0 bridgehead atoms. The molecule has 4 aromatic rings. The average Bonchev–Trinajstić information content (AvgIpc) is 3.66. The topological polar surface area (TPSA) is 70.5 Å². The summed E-state index contributed by atoms with van der Waals surface area (Å²) in [6.45, 7) is 3.78. The van der Waals surface area contributed by atoms with Crippen molar-refractivity contribution in [2.24, 2.45) is 0 Å². The molecule has 190 valence electrons. The van der Waals surface area contributed by atoms with Gasteiger partial charge in [-0.25, -0.2) is 14.2 Å². The zero-order valence-corrected chi connectivity index (χ0v) is 21.2. The molecule has 2 amide bonds. The summed E-state index contributed by atoms with van der Waals surface area (Å²) in [6.07, 6.45) is 3.24. The number of rotatable bonds is 5. The molecule has 2 fully saturated rings. The van der Waals surface area contributed by atoms with Crippen molar-refractivity contribution in [3.05, 3.63) is 88.7 Å². The number of likely N-dealkylation sites (tertiary alicyclic amines) is 2. The largest absolute Gasteiger partial charge is 0.334 e. The molecule has 2 aromatic heterocycles. The summed E-state index contributed by atoms with van der Waals surface area (Å²) in [7, 11) is 0. The molecule has 9 heteroatoms. The van der Waals surface area contributed by atoms with Crippen LogP contribution in [0.2, 0.25) is 0 Å². The van der Waals surface area contributed by atoms with E-state index in [1.807, 2.05) is 12.1 Å². The molecule has 2 aliphatic heterocycles. The Morgan fingerprint density at radius 2 is 1.86 bits per heavy atom. The summed E-state index contributed by atoms with van der Waals surface area (Å²) in [5.41, 5.74) is 2.68. The molecule has 6 rings (SSSR count). The van der Waals surface area contributed by atoms with Crippen LogP contribution in [0.4, 0.5) is 9.18 Å². The molecule has 2 aliphatic rings. The lowest BCUT2D eigenvalue weighted by molar-refractivity contribution is 0.202. The predicted molar refractivity (Wildman–Crippen MR) is 143 cm³/mol. The summed E-state index contributed by atoms with van der Waals surface area (Å²) in [6, 6.07) is 18.5. The van der Waals surface area contributed by atoms with Crippen molar-refractivity contribution in [1.29, 1.82) is 0 Å². The molecular weight excluding hydrogens is 489 g/mol. The van der Waals surface area contributed by atoms with Gasteiger partial charge in [-0.15, -0.1) is 11.3 Å². The molecule has 2 aromatic carbocycles. The van der Waals surface area contributed by atoms with Gasteiger partial charge in [0.15, 0.2) is 0 Å². The van der Waals surface area contributed by atoms with E-state index in [1.165, 1.54) is 29.0 Å². The fraction of sp³-hybridized carbons (Fsp3) is 0.321. The number of carbonyl (C=O) groups is 1. The molecule has 37 heavy (non-hydrogen) atoms. The van der Waals surface area contributed by atoms with E-state index >= 15 is 0 Å². The van der Waals surface area contributed by atoms with Gasteiger partial charge in [-0.3, -0.25) is 14.3 Å². The molecular formula is C28H28FN5O2S. The van der Waals surface area contributed by atoms with Crippen molar-refractivity contribution in [2.75, 3.05) is 26.2 Å². The number of amides is 2. The van der Waals surface area contributed by atoms with Crippen LogP contribution in [0.5, 0.6) is 0 Å². The Morgan fingerprint density at radius 3 is 2.68 bits per heavy atom. The van der Waals surface area contributed by atoms with Crippen LogP contribution in [0.1, 0.15) is 24.4 Å². The Labute approximate surface area is 218 Å². The summed E-state index contributed by atoms with van der Waals surface area (Å²) in [4.78, 5) is 35.9. The number of aromatic nitrogens is 2. The monoisotopic (exact) mass is 517 g/mol. The van der Waals surface area contributed by atoms with Crippen molar-refractivity contribution in [2.45, 2.75) is 31.5 Å². The van der Waals surface area contributed by atoms with E-state index in [4.69, 9.17) is 0 Å². The number of urea groups is 1. The average molecular weight is 518 g/mol. The van der Waals surface area contributed by atoms with Crippen LogP contribution in [-0.2, 0) is 6.54 Å². The van der Waals surface area contributed by atoms with Gasteiger partial charge in [-0.1, -0.05) is 42.5 Å². The number of nitrogens with one attached hydrogen (secondary N) is 1. The van der Waals surface area contributed by atoms with Gasteiger partial charge in [0.2, 0.25) is 0 Å². The number of thiophene rings is 1. The Morgan fingerprint density at radius 1 is 1.05 bits per heavy atom. The number of halogens is 1. The van der Waals surface area contributed by atoms with Crippen molar-refractivity contribution < 1.29 is 9.18 Å². The minimum absolute atomic E-state index is 0.0640. The van der Waals surface area contributed by atoms with E-state index in [-0.39, 0.29) is 29.5 Å². The van der Waals surface area contributed by atoms with Gasteiger partial charge >= 0.3 is 6.03 Å². The lowest BCUT2D eigenvalue weighted by Crippen LogP contribution is -2.45. The highest BCUT2D eigenvalue weighted by molar-refractivity contribution is 7.22. The van der Waals surface area contributed by atoms with Crippen LogP contribution >= 0.6 is 11.3 Å². The van der Waals surface area contributed by atoms with Crippen molar-refractivity contribution in [3.8, 4) is 10.4 Å². The molecule has 2 atom stereocenters. The maximum absolute atomic E-state index is 13.3. The first-order chi connectivity index (χ1) is 18.0. The highest BCUT2D eigenvalue weighted by Crippen LogP contribution is 2.31. The number of hydrogen-bond acceptors (Lipinski definition) is 5. The Hall–Kier alpha value is -3.56. The first-order valence-electron chi connectivity index (χ1n) is 12.6. The number of benzene rings is 2. The number of nitrogens with zero attached hydrogens (tertiary/aromatic N) is 4. The van der Waals surface area contributed by atoms with Crippen LogP contribution in [0, 0.1) is 5.82 Å². The van der Waals surface area contributed by atoms with E-state index in [1.54, 1.807) is 27.9 Å². The van der Waals surface area contributed by atoms with Crippen LogP contribution in [0.15, 0.2) is 71.8 Å². The zero-order valence-electron chi connectivity index (χ0n) is 20.3. The summed E-state index contributed by atoms with van der Waals surface area (Å²) >= 11 is 1.37. The van der Waals surface area contributed by atoms with Crippen LogP contribution in [0.25, 0.3) is 20.7 Å². The highest BCUT2D eigenvalue weighted by atomic mass is 32.1. The Balaban J connectivity index is 1.09. The quantitative estimate of drug-likeness (QED) is 0.423. The van der Waals surface area contributed by atoms with Crippen LogP contribution in [0.3, 0.4) is 0 Å². The first-order valence-corrected chi connectivity index (χ1v) is 13.4. The smallest absolute Gasteiger partial charge is 0.317 e. The molecule has 0 spiro atoms. The second-order valence-corrected chi connectivity index (χ2v) is 10.9. The number of hydrogen-bond donors (Lipinski definition) is 1. The Bertz CT molecular complexity index is 1470. The normalized spacial score (nSPS) is 20.1. The number of fused-ring (bicyclic) bond motifs is 1. The Kier molecular flexibility index (Phi) is 6.48. The zero-order chi connectivity index (χ0) is 25.4. The van der Waals surface area contributed by atoms with Gasteiger partial charge in [-0.2, -0.15) is 0 Å². The lowest BCUT2D eigenvalue weighted by atomic mass is 10.2. The molecule has 4 heterocycles. The van der Waals surface area contributed by atoms with Gasteiger partial charge in [0.25, 0.3) is 5.56 Å². The maximum Gasteiger partial charge on any atom is 0.317 e. The summed E-state index contributed by atoms with van der Waals surface area (Å²) in [5, 5.41) is 3.20. The van der Waals surface area contributed by atoms with E-state index in [0.29, 0.717) is 29.7 Å². The predicted octanol–water partition coefficient (Wildman–Crippen LogP) is 4.50. The summed E-state index contributed by atoms with van der Waals surface area (Å²) < 4.78 is 15.5. The number of carbonyl (C=O) groups excluding carboxylic acids is 1. The van der Waals surface area contributed by atoms with Gasteiger partial charge < -0.3 is 10.2 Å². The van der Waals surface area contributed by atoms with Crippen LogP contribution in [-0.4, -0.2) is 57.6 Å². The third kappa shape index (κ3) is 5.01. The molecule has 7 nitrogen and oxygen atoms in total. The third-order valence-electron chi connectivity index (χ3n) is 7.28. The molecule has 0 saturated carbocycles. The molecule has 1 N–H and O–H groups in total. The van der Waals surface area contributed by atoms with E-state index in [9.17, 15) is 14.0 Å². The van der Waals surface area contributed by atoms with Crippen molar-refractivity contribution >= 4 is 27.6 Å². The van der Waals surface area contributed by atoms with Gasteiger partial charge in [0.05, 0.1) is 17.9 Å². The molecule has 2 saturated heterocycles. The summed E-state index contributed by atoms with van der Waals surface area (Å²) in [5.74, 6) is -0.294. The SMILES string of the molecule is O=C(N[C@H]1CCN(Cc2ccccc2)C1)N1CC[C@H](n2cnc3cc(-c4ccc(F)cc4)sc3c2=O)C1. The molecule has 0 aliphatic carbocycles. The van der Waals surface area contributed by atoms with Crippen LogP contribution < -0.4 is 10.9 Å². The van der Waals surface area contributed by atoms with E-state index < -0.39 is 0 Å². The van der Waals surface area contributed by atoms with Crippen molar-refractivity contribution in [1.82, 2.24) is 24.7 Å². The third-order valence-corrected chi connectivity index (χ3v) is 8.45. The lowest BCUT2D eigenvalue weighted by Gasteiger charge is -2.21. The second-order valence-electron chi connectivity index (χ2n) is 9.83. The maximum atomic E-state index is 13.3. The highest BCUT2D eigenvalue weighted by Gasteiger charge is 2.31.